The summed E-state index contributed by atoms with van der Waals surface area (Å²) < 4.78 is 1.99. The molecule has 0 heterocycles. The molecule has 0 atom stereocenters. The van der Waals surface area contributed by atoms with E-state index in [1.165, 1.54) is 96.3 Å². The van der Waals surface area contributed by atoms with Crippen molar-refractivity contribution in [3.05, 3.63) is 0 Å². The van der Waals surface area contributed by atoms with Crippen LogP contribution in [0.15, 0.2) is 0 Å². The Kier molecular flexibility index (Phi) is 10.9. The molecule has 3 aliphatic rings. The fourth-order valence-corrected chi connectivity index (χ4v) is 22.8. The van der Waals surface area contributed by atoms with Crippen LogP contribution in [0.25, 0.3) is 0 Å². The third-order valence-corrected chi connectivity index (χ3v) is 22.0. The number of hydrogen-bond donors (Lipinski definition) is 0. The van der Waals surface area contributed by atoms with E-state index in [0.717, 1.165) is 0 Å². The summed E-state index contributed by atoms with van der Waals surface area (Å²) in [7, 11) is 0. The number of rotatable bonds is 15. The number of hydrogen-bond acceptors (Lipinski definition) is 0. The van der Waals surface area contributed by atoms with Crippen LogP contribution in [-0.4, -0.2) is 0 Å². The first-order chi connectivity index (χ1) is 17.8. The zero-order valence-corrected chi connectivity index (χ0v) is 28.5. The second kappa shape index (κ2) is 12.6. The molecule has 0 aromatic carbocycles. The van der Waals surface area contributed by atoms with E-state index >= 15 is 0 Å². The molecule has 0 radical (unpaired) electrons. The molecule has 0 spiro atoms. The third-order valence-electron chi connectivity index (χ3n) is 14.4. The summed E-state index contributed by atoms with van der Waals surface area (Å²) in [5, 5.41) is 0. The maximum absolute atomic E-state index is 2.62. The minimum atomic E-state index is -1.11. The Bertz CT molecular complexity index is 554. The van der Waals surface area contributed by atoms with E-state index < -0.39 is 14.1 Å². The summed E-state index contributed by atoms with van der Waals surface area (Å²) in [5.74, 6) is 0. The van der Waals surface area contributed by atoms with E-state index in [-0.39, 0.29) is 0 Å². The van der Waals surface area contributed by atoms with E-state index in [1.807, 2.05) is 0 Å². The van der Waals surface area contributed by atoms with Crippen LogP contribution < -0.4 is 0 Å². The summed E-state index contributed by atoms with van der Waals surface area (Å²) in [6.45, 7) is 23.6. The molecule has 3 saturated carbocycles. The minimum absolute atomic E-state index is 0.571. The van der Waals surface area contributed by atoms with Gasteiger partial charge >= 0.3 is 240 Å². The Labute approximate surface area is 239 Å². The zero-order chi connectivity index (χ0) is 27.4. The van der Waals surface area contributed by atoms with Gasteiger partial charge in [-0.2, -0.15) is 0 Å². The Balaban J connectivity index is 2.52. The van der Waals surface area contributed by atoms with Gasteiger partial charge in [0.25, 0.3) is 0 Å². The van der Waals surface area contributed by atoms with Crippen molar-refractivity contribution in [2.24, 2.45) is 16.2 Å². The predicted octanol–water partition coefficient (Wildman–Crippen LogP) is 13.5. The molecular weight excluding hydrogens is 484 g/mol. The SMILES string of the molecule is CCC(CC)(CC)[C]1([Cr]([C]2(C(CC)(CC)CC)CCCC2)[C]2(C(CC)(CC)CC)CCCC2)CCCC1. The quantitative estimate of drug-likeness (QED) is 0.189. The molecule has 0 aromatic heterocycles. The van der Waals surface area contributed by atoms with Gasteiger partial charge in [-0.05, 0) is 0 Å². The summed E-state index contributed by atoms with van der Waals surface area (Å²) in [6, 6.07) is 0. The first-order valence-corrected chi connectivity index (χ1v) is 19.4. The summed E-state index contributed by atoms with van der Waals surface area (Å²) >= 11 is -1.11. The predicted molar refractivity (Wildman–Crippen MR) is 163 cm³/mol. The third kappa shape index (κ3) is 4.40. The summed E-state index contributed by atoms with van der Waals surface area (Å²) in [4.78, 5) is 0. The molecule has 37 heavy (non-hydrogen) atoms. The monoisotopic (exact) mass is 553 g/mol. The second-order valence-corrected chi connectivity index (χ2v) is 18.6. The summed E-state index contributed by atoms with van der Waals surface area (Å²) in [6.07, 6.45) is 31.6. The second-order valence-electron chi connectivity index (χ2n) is 13.9. The van der Waals surface area contributed by atoms with Crippen molar-refractivity contribution in [3.63, 3.8) is 0 Å². The first kappa shape index (κ1) is 32.1. The fraction of sp³-hybridized carbons (Fsp3) is 1.00. The van der Waals surface area contributed by atoms with E-state index in [9.17, 15) is 0 Å². The molecular formula is C36H69Cr. The van der Waals surface area contributed by atoms with Crippen LogP contribution in [0, 0.1) is 16.2 Å². The molecule has 0 N–H and O–H groups in total. The fourth-order valence-electron chi connectivity index (χ4n) is 12.0. The Morgan fingerprint density at radius 1 is 0.351 bits per heavy atom. The normalized spacial score (nSPS) is 23.8. The standard InChI is InChI=1S/3C12H23.Cr/c3*1-4-12(5-2,6-3)11-9-7-8-10-11;/h3*4-10H2,1-3H3;. The molecule has 3 aliphatic carbocycles. The summed E-state index contributed by atoms with van der Waals surface area (Å²) in [5.41, 5.74) is 1.71. The maximum atomic E-state index is 2.62. The van der Waals surface area contributed by atoms with Crippen LogP contribution in [-0.2, 0) is 14.1 Å². The van der Waals surface area contributed by atoms with Gasteiger partial charge in [0.05, 0.1) is 0 Å². The van der Waals surface area contributed by atoms with Gasteiger partial charge in [-0.15, -0.1) is 0 Å². The molecule has 0 amide bonds. The topological polar surface area (TPSA) is 0 Å². The van der Waals surface area contributed by atoms with Gasteiger partial charge in [0, 0.05) is 0 Å². The van der Waals surface area contributed by atoms with Gasteiger partial charge in [-0.1, -0.05) is 0 Å². The van der Waals surface area contributed by atoms with Crippen molar-refractivity contribution in [1.82, 2.24) is 0 Å². The molecule has 0 saturated heterocycles. The van der Waals surface area contributed by atoms with Crippen LogP contribution >= 0.6 is 0 Å². The van der Waals surface area contributed by atoms with Gasteiger partial charge in [-0.25, -0.2) is 0 Å². The van der Waals surface area contributed by atoms with E-state index in [4.69, 9.17) is 0 Å². The van der Waals surface area contributed by atoms with Crippen molar-refractivity contribution >= 4 is 0 Å². The molecule has 3 fully saturated rings. The van der Waals surface area contributed by atoms with Gasteiger partial charge in [-0.3, -0.25) is 0 Å². The van der Waals surface area contributed by atoms with Crippen LogP contribution in [0.3, 0.4) is 0 Å². The Morgan fingerprint density at radius 3 is 0.649 bits per heavy atom. The molecule has 0 aliphatic heterocycles. The van der Waals surface area contributed by atoms with E-state index in [1.54, 1.807) is 38.5 Å². The van der Waals surface area contributed by atoms with Crippen molar-refractivity contribution in [1.29, 1.82) is 0 Å². The van der Waals surface area contributed by atoms with Crippen molar-refractivity contribution in [2.75, 3.05) is 0 Å². The first-order valence-electron chi connectivity index (χ1n) is 17.5. The molecule has 0 nitrogen and oxygen atoms in total. The van der Waals surface area contributed by atoms with Crippen LogP contribution in [0.4, 0.5) is 0 Å². The van der Waals surface area contributed by atoms with Crippen molar-refractivity contribution < 1.29 is 14.1 Å². The van der Waals surface area contributed by atoms with Gasteiger partial charge in [0.15, 0.2) is 0 Å². The Morgan fingerprint density at radius 2 is 0.514 bits per heavy atom. The molecule has 0 aromatic rings. The van der Waals surface area contributed by atoms with Crippen molar-refractivity contribution in [2.45, 2.75) is 210 Å². The van der Waals surface area contributed by atoms with Crippen molar-refractivity contribution in [3.8, 4) is 0 Å². The molecule has 1 heteroatoms. The van der Waals surface area contributed by atoms with Crippen LogP contribution in [0.5, 0.6) is 0 Å². The van der Waals surface area contributed by atoms with E-state index in [0.29, 0.717) is 29.1 Å². The van der Waals surface area contributed by atoms with Crippen LogP contribution in [0.2, 0.25) is 12.8 Å². The zero-order valence-electron chi connectivity index (χ0n) is 27.3. The van der Waals surface area contributed by atoms with E-state index in [2.05, 4.69) is 62.3 Å². The van der Waals surface area contributed by atoms with Gasteiger partial charge in [0.2, 0.25) is 0 Å². The molecule has 0 bridgehead atoms. The Hall–Kier alpha value is 0.532. The molecule has 219 valence electrons. The van der Waals surface area contributed by atoms with Gasteiger partial charge < -0.3 is 0 Å². The average molecular weight is 554 g/mol. The average Bonchev–Trinajstić information content (AvgIpc) is 3.73. The molecule has 0 unspecified atom stereocenters. The molecule has 3 rings (SSSR count). The van der Waals surface area contributed by atoms with Crippen LogP contribution in [0.1, 0.15) is 197 Å². The van der Waals surface area contributed by atoms with Gasteiger partial charge in [0.1, 0.15) is 0 Å².